The van der Waals surface area contributed by atoms with E-state index in [9.17, 15) is 4.79 Å². The molecule has 0 aromatic rings. The first-order chi connectivity index (χ1) is 5.11. The van der Waals surface area contributed by atoms with Crippen LogP contribution in [-0.4, -0.2) is 35.5 Å². The lowest BCUT2D eigenvalue weighted by atomic mass is 10.1. The molecular weight excluding hydrogens is 146 g/mol. The minimum absolute atomic E-state index is 0.250. The van der Waals surface area contributed by atoms with E-state index in [1.54, 1.807) is 6.92 Å². The number of hydrogen-bond donors (Lipinski definition) is 3. The second kappa shape index (κ2) is 3.19. The highest BCUT2D eigenvalue weighted by Gasteiger charge is 2.33. The van der Waals surface area contributed by atoms with E-state index in [1.165, 1.54) is 0 Å². The van der Waals surface area contributed by atoms with Crippen molar-refractivity contribution in [1.29, 1.82) is 0 Å². The molecule has 0 radical (unpaired) electrons. The number of likely N-dealkylation sites (tertiary alicyclic amines) is 1. The Morgan fingerprint density at radius 1 is 1.73 bits per heavy atom. The van der Waals surface area contributed by atoms with Gasteiger partial charge in [-0.2, -0.15) is 0 Å². The molecule has 0 spiro atoms. The third-order valence-electron chi connectivity index (χ3n) is 2.26. The van der Waals surface area contributed by atoms with E-state index >= 15 is 0 Å². The molecule has 4 nitrogen and oxygen atoms in total. The van der Waals surface area contributed by atoms with Gasteiger partial charge in [0.15, 0.2) is 6.23 Å². The van der Waals surface area contributed by atoms with Crippen LogP contribution in [0.1, 0.15) is 13.3 Å². The van der Waals surface area contributed by atoms with Gasteiger partial charge in [0, 0.05) is 13.3 Å². The number of rotatable bonds is 2. The topological polar surface area (TPSA) is 62.0 Å². The lowest BCUT2D eigenvalue weighted by molar-refractivity contribution is -0.934. The maximum Gasteiger partial charge on any atom is 0.312 e. The van der Waals surface area contributed by atoms with Crippen LogP contribution < -0.4 is 4.90 Å². The third kappa shape index (κ3) is 1.91. The smallest absolute Gasteiger partial charge is 0.312 e. The van der Waals surface area contributed by atoms with Crippen LogP contribution in [0.25, 0.3) is 0 Å². The molecule has 0 amide bonds. The van der Waals surface area contributed by atoms with Gasteiger partial charge < -0.3 is 15.1 Å². The summed E-state index contributed by atoms with van der Waals surface area (Å²) in [6, 6.07) is 0. The first-order valence-electron chi connectivity index (χ1n) is 3.86. The van der Waals surface area contributed by atoms with Crippen LogP contribution in [0.4, 0.5) is 0 Å². The summed E-state index contributed by atoms with van der Waals surface area (Å²) >= 11 is 0. The average molecular weight is 160 g/mol. The molecule has 1 aliphatic heterocycles. The molecule has 0 bridgehead atoms. The number of hydrogen-bond acceptors (Lipinski definition) is 2. The molecule has 3 unspecified atom stereocenters. The Hall–Kier alpha value is -0.610. The van der Waals surface area contributed by atoms with Gasteiger partial charge in [-0.05, 0) is 0 Å². The number of carbonyl (C=O) groups is 1. The summed E-state index contributed by atoms with van der Waals surface area (Å²) in [5.74, 6) is -0.986. The van der Waals surface area contributed by atoms with Gasteiger partial charge in [-0.1, -0.05) is 0 Å². The van der Waals surface area contributed by atoms with Crippen molar-refractivity contribution in [2.75, 3.05) is 13.1 Å². The molecule has 0 aliphatic carbocycles. The zero-order chi connectivity index (χ0) is 8.43. The van der Waals surface area contributed by atoms with E-state index in [-0.39, 0.29) is 5.92 Å². The summed E-state index contributed by atoms with van der Waals surface area (Å²) in [6.07, 6.45) is 0.259. The second-order valence-corrected chi connectivity index (χ2v) is 3.11. The number of aliphatic hydroxyl groups is 1. The van der Waals surface area contributed by atoms with Gasteiger partial charge in [0.05, 0.1) is 13.1 Å². The van der Waals surface area contributed by atoms with Crippen molar-refractivity contribution >= 4 is 5.97 Å². The molecule has 3 N–H and O–H groups in total. The zero-order valence-electron chi connectivity index (χ0n) is 6.58. The SMILES string of the molecule is CC(O)[NH+]1CCC(C(=O)O)C1. The van der Waals surface area contributed by atoms with Crippen LogP contribution >= 0.6 is 0 Å². The number of quaternary nitrogens is 1. The van der Waals surface area contributed by atoms with Crippen LogP contribution in [0.2, 0.25) is 0 Å². The summed E-state index contributed by atoms with van der Waals surface area (Å²) in [5.41, 5.74) is 0. The summed E-state index contributed by atoms with van der Waals surface area (Å²) in [4.78, 5) is 11.5. The summed E-state index contributed by atoms with van der Waals surface area (Å²) < 4.78 is 0. The number of aliphatic hydroxyl groups excluding tert-OH is 1. The molecule has 0 saturated carbocycles. The van der Waals surface area contributed by atoms with E-state index in [4.69, 9.17) is 10.2 Å². The lowest BCUT2D eigenvalue weighted by Gasteiger charge is -2.14. The molecule has 4 heteroatoms. The Bertz CT molecular complexity index is 158. The Balaban J connectivity index is 2.41. The molecule has 1 heterocycles. The van der Waals surface area contributed by atoms with Crippen molar-refractivity contribution in [3.63, 3.8) is 0 Å². The van der Waals surface area contributed by atoms with Gasteiger partial charge in [0.25, 0.3) is 0 Å². The molecule has 1 saturated heterocycles. The van der Waals surface area contributed by atoms with Crippen molar-refractivity contribution in [3.8, 4) is 0 Å². The van der Waals surface area contributed by atoms with Crippen LogP contribution in [0, 0.1) is 5.92 Å². The molecular formula is C7H14NO3+. The van der Waals surface area contributed by atoms with Gasteiger partial charge >= 0.3 is 5.97 Å². The van der Waals surface area contributed by atoms with Crippen LogP contribution in [0.5, 0.6) is 0 Å². The van der Waals surface area contributed by atoms with Gasteiger partial charge in [-0.15, -0.1) is 0 Å². The third-order valence-corrected chi connectivity index (χ3v) is 2.26. The molecule has 64 valence electrons. The van der Waals surface area contributed by atoms with E-state index in [0.717, 1.165) is 11.4 Å². The van der Waals surface area contributed by atoms with Gasteiger partial charge in [-0.3, -0.25) is 4.79 Å². The van der Waals surface area contributed by atoms with Crippen LogP contribution in [-0.2, 0) is 4.79 Å². The molecule has 0 aromatic heterocycles. The summed E-state index contributed by atoms with van der Waals surface area (Å²) in [5, 5.41) is 17.7. The second-order valence-electron chi connectivity index (χ2n) is 3.11. The molecule has 1 aliphatic rings. The van der Waals surface area contributed by atoms with E-state index in [1.807, 2.05) is 0 Å². The van der Waals surface area contributed by atoms with Crippen molar-refractivity contribution in [2.45, 2.75) is 19.6 Å². The van der Waals surface area contributed by atoms with Gasteiger partial charge in [0.1, 0.15) is 5.92 Å². The Kier molecular flexibility index (Phi) is 2.46. The first-order valence-corrected chi connectivity index (χ1v) is 3.86. The van der Waals surface area contributed by atoms with Crippen molar-refractivity contribution < 1.29 is 19.9 Å². The molecule has 1 fully saturated rings. The van der Waals surface area contributed by atoms with Gasteiger partial charge in [-0.25, -0.2) is 0 Å². The maximum atomic E-state index is 10.5. The monoisotopic (exact) mass is 160 g/mol. The highest BCUT2D eigenvalue weighted by Crippen LogP contribution is 2.03. The Morgan fingerprint density at radius 3 is 2.64 bits per heavy atom. The van der Waals surface area contributed by atoms with Crippen molar-refractivity contribution in [2.24, 2.45) is 5.92 Å². The summed E-state index contributed by atoms with van der Waals surface area (Å²) in [6.45, 7) is 3.03. The van der Waals surface area contributed by atoms with E-state index in [0.29, 0.717) is 13.0 Å². The van der Waals surface area contributed by atoms with Crippen molar-refractivity contribution in [3.05, 3.63) is 0 Å². The van der Waals surface area contributed by atoms with Crippen molar-refractivity contribution in [1.82, 2.24) is 0 Å². The van der Waals surface area contributed by atoms with Gasteiger partial charge in [0.2, 0.25) is 0 Å². The predicted octanol–water partition coefficient (Wildman–Crippen LogP) is -1.69. The molecule has 1 rings (SSSR count). The minimum Gasteiger partial charge on any atom is -0.481 e. The summed E-state index contributed by atoms with van der Waals surface area (Å²) in [7, 11) is 0. The maximum absolute atomic E-state index is 10.5. The normalized spacial score (nSPS) is 33.6. The largest absolute Gasteiger partial charge is 0.481 e. The van der Waals surface area contributed by atoms with E-state index < -0.39 is 12.2 Å². The predicted molar refractivity (Wildman–Crippen MR) is 38.1 cm³/mol. The molecule has 11 heavy (non-hydrogen) atoms. The fourth-order valence-electron chi connectivity index (χ4n) is 1.47. The first kappa shape index (κ1) is 8.49. The fraction of sp³-hybridized carbons (Fsp3) is 0.857. The standard InChI is InChI=1S/C7H13NO3/c1-5(9)8-3-2-6(4-8)7(10)11/h5-6,9H,2-4H2,1H3,(H,10,11)/p+1. The number of aliphatic carboxylic acids is 1. The Labute approximate surface area is 65.4 Å². The number of carboxylic acid groups (broad SMARTS) is 1. The number of nitrogens with one attached hydrogen (secondary N) is 1. The van der Waals surface area contributed by atoms with E-state index in [2.05, 4.69) is 0 Å². The van der Waals surface area contributed by atoms with Crippen LogP contribution in [0.3, 0.4) is 0 Å². The highest BCUT2D eigenvalue weighted by molar-refractivity contribution is 5.70. The average Bonchev–Trinajstić information content (AvgIpc) is 2.33. The highest BCUT2D eigenvalue weighted by atomic mass is 16.4. The van der Waals surface area contributed by atoms with Crippen LogP contribution in [0.15, 0.2) is 0 Å². The fourth-order valence-corrected chi connectivity index (χ4v) is 1.47. The zero-order valence-corrected chi connectivity index (χ0v) is 6.58. The Morgan fingerprint density at radius 2 is 2.36 bits per heavy atom. The minimum atomic E-state index is -0.736. The quantitative estimate of drug-likeness (QED) is 0.452. The number of carboxylic acids is 1. The molecule has 0 aromatic carbocycles. The lowest BCUT2D eigenvalue weighted by Crippen LogP contribution is -3.14. The molecule has 3 atom stereocenters.